The molecule has 0 spiro atoms. The van der Waals surface area contributed by atoms with E-state index >= 15 is 0 Å². The molecule has 0 atom stereocenters. The summed E-state index contributed by atoms with van der Waals surface area (Å²) in [5.41, 5.74) is 2.76. The number of rotatable bonds is 2. The molecule has 3 nitrogen and oxygen atoms in total. The van der Waals surface area contributed by atoms with E-state index in [1.54, 1.807) is 12.1 Å². The van der Waals surface area contributed by atoms with Crippen LogP contribution < -0.4 is 5.32 Å². The van der Waals surface area contributed by atoms with Crippen molar-refractivity contribution < 1.29 is 4.39 Å². The zero-order valence-corrected chi connectivity index (χ0v) is 12.0. The summed E-state index contributed by atoms with van der Waals surface area (Å²) in [5.74, 6) is -0.151. The number of fused-ring (bicyclic) bond motifs is 1. The molecule has 0 fully saturated rings. The minimum Gasteiger partial charge on any atom is -0.337 e. The molecule has 5 heteroatoms. The van der Waals surface area contributed by atoms with Crippen molar-refractivity contribution in [1.29, 1.82) is 5.26 Å². The van der Waals surface area contributed by atoms with Crippen LogP contribution in [0.2, 0.25) is 5.02 Å². The summed E-state index contributed by atoms with van der Waals surface area (Å²) in [4.78, 5) is 4.51. The number of benzene rings is 1. The lowest BCUT2D eigenvalue weighted by molar-refractivity contribution is 0.632. The van der Waals surface area contributed by atoms with Crippen LogP contribution in [0.5, 0.6) is 0 Å². The molecule has 21 heavy (non-hydrogen) atoms. The molecule has 1 heterocycles. The lowest BCUT2D eigenvalue weighted by atomic mass is 9.95. The van der Waals surface area contributed by atoms with Gasteiger partial charge in [0.25, 0.3) is 0 Å². The van der Waals surface area contributed by atoms with Crippen molar-refractivity contribution in [2.45, 2.75) is 25.7 Å². The number of anilines is 2. The number of aromatic nitrogens is 1. The number of nitrogens with zero attached hydrogens (tertiary/aromatic N) is 2. The summed E-state index contributed by atoms with van der Waals surface area (Å²) in [6.07, 6.45) is 4.06. The zero-order valence-electron chi connectivity index (χ0n) is 11.3. The minimum absolute atomic E-state index is 0.0384. The fourth-order valence-corrected chi connectivity index (χ4v) is 2.72. The van der Waals surface area contributed by atoms with Crippen LogP contribution in [-0.2, 0) is 12.8 Å². The molecule has 0 aliphatic heterocycles. The maximum Gasteiger partial charge on any atom is 0.165 e. The summed E-state index contributed by atoms with van der Waals surface area (Å²) < 4.78 is 14.0. The predicted octanol–water partition coefficient (Wildman–Crippen LogP) is 4.37. The molecule has 3 rings (SSSR count). The Morgan fingerprint density at radius 3 is 2.90 bits per heavy atom. The Balaban J connectivity index is 2.02. The Morgan fingerprint density at radius 1 is 1.29 bits per heavy atom. The second-order valence-corrected chi connectivity index (χ2v) is 5.44. The Bertz CT molecular complexity index is 737. The molecule has 0 bridgehead atoms. The summed E-state index contributed by atoms with van der Waals surface area (Å²) >= 11 is 5.77. The largest absolute Gasteiger partial charge is 0.337 e. The normalized spacial score (nSPS) is 13.4. The van der Waals surface area contributed by atoms with E-state index in [9.17, 15) is 9.65 Å². The van der Waals surface area contributed by atoms with Crippen molar-refractivity contribution in [1.82, 2.24) is 4.98 Å². The van der Waals surface area contributed by atoms with Crippen molar-refractivity contribution in [3.63, 3.8) is 0 Å². The molecule has 1 aromatic carbocycles. The van der Waals surface area contributed by atoms with Crippen LogP contribution in [-0.4, -0.2) is 4.98 Å². The van der Waals surface area contributed by atoms with Gasteiger partial charge in [-0.3, -0.25) is 0 Å². The van der Waals surface area contributed by atoms with Gasteiger partial charge in [-0.25, -0.2) is 9.37 Å². The third-order valence-corrected chi connectivity index (χ3v) is 3.92. The van der Waals surface area contributed by atoms with Crippen LogP contribution in [0.1, 0.15) is 29.7 Å². The van der Waals surface area contributed by atoms with Gasteiger partial charge >= 0.3 is 0 Å². The standard InChI is InChI=1S/C16H13ClFN3/c17-12-5-3-7-14(15(12)18)21-16-11(9-19)8-10-4-1-2-6-13(10)20-16/h3,5,7-8H,1-2,4,6H2,(H,20,21). The van der Waals surface area contributed by atoms with Gasteiger partial charge in [0.2, 0.25) is 0 Å². The first-order chi connectivity index (χ1) is 10.2. The zero-order chi connectivity index (χ0) is 14.8. The molecule has 0 unspecified atom stereocenters. The predicted molar refractivity (Wildman–Crippen MR) is 80.3 cm³/mol. The average Bonchev–Trinajstić information content (AvgIpc) is 2.51. The molecule has 2 aromatic rings. The first-order valence-electron chi connectivity index (χ1n) is 6.83. The van der Waals surface area contributed by atoms with Crippen LogP contribution in [0.3, 0.4) is 0 Å². The number of pyridine rings is 1. The van der Waals surface area contributed by atoms with Crippen molar-refractivity contribution in [3.05, 3.63) is 51.9 Å². The van der Waals surface area contributed by atoms with Gasteiger partial charge in [-0.15, -0.1) is 0 Å². The number of aryl methyl sites for hydroxylation is 2. The molecule has 1 aliphatic carbocycles. The van der Waals surface area contributed by atoms with E-state index in [1.165, 1.54) is 6.07 Å². The van der Waals surface area contributed by atoms with Crippen molar-refractivity contribution >= 4 is 23.1 Å². The van der Waals surface area contributed by atoms with Crippen molar-refractivity contribution in [3.8, 4) is 6.07 Å². The van der Waals surface area contributed by atoms with E-state index in [0.717, 1.165) is 36.9 Å². The van der Waals surface area contributed by atoms with Crippen molar-refractivity contribution in [2.75, 3.05) is 5.32 Å². The fourth-order valence-electron chi connectivity index (χ4n) is 2.54. The molecule has 1 N–H and O–H groups in total. The SMILES string of the molecule is N#Cc1cc2c(nc1Nc1cccc(Cl)c1F)CCCC2. The average molecular weight is 302 g/mol. The Morgan fingerprint density at radius 2 is 2.10 bits per heavy atom. The van der Waals surface area contributed by atoms with E-state index in [1.807, 2.05) is 6.07 Å². The Labute approximate surface area is 127 Å². The van der Waals surface area contributed by atoms with E-state index in [-0.39, 0.29) is 10.7 Å². The van der Waals surface area contributed by atoms with Gasteiger partial charge < -0.3 is 5.32 Å². The van der Waals surface area contributed by atoms with E-state index in [0.29, 0.717) is 11.4 Å². The highest BCUT2D eigenvalue weighted by molar-refractivity contribution is 6.31. The molecule has 1 aliphatic rings. The van der Waals surface area contributed by atoms with Crippen LogP contribution in [0.4, 0.5) is 15.9 Å². The number of halogens is 2. The van der Waals surface area contributed by atoms with Gasteiger partial charge in [-0.2, -0.15) is 5.26 Å². The quantitative estimate of drug-likeness (QED) is 0.896. The van der Waals surface area contributed by atoms with Crippen LogP contribution >= 0.6 is 11.6 Å². The lowest BCUT2D eigenvalue weighted by Gasteiger charge is -2.17. The number of hydrogen-bond acceptors (Lipinski definition) is 3. The van der Waals surface area contributed by atoms with Crippen LogP contribution in [0.25, 0.3) is 0 Å². The number of nitrogens with one attached hydrogen (secondary N) is 1. The first-order valence-corrected chi connectivity index (χ1v) is 7.21. The summed E-state index contributed by atoms with van der Waals surface area (Å²) in [6.45, 7) is 0. The Kier molecular flexibility index (Phi) is 3.76. The molecule has 1 aromatic heterocycles. The maximum absolute atomic E-state index is 14.0. The maximum atomic E-state index is 14.0. The topological polar surface area (TPSA) is 48.7 Å². The van der Waals surface area contributed by atoms with Gasteiger partial charge in [0, 0.05) is 5.69 Å². The summed E-state index contributed by atoms with van der Waals surface area (Å²) in [5, 5.41) is 12.2. The second-order valence-electron chi connectivity index (χ2n) is 5.04. The number of nitriles is 1. The van der Waals surface area contributed by atoms with Gasteiger partial charge in [-0.1, -0.05) is 17.7 Å². The molecular formula is C16H13ClFN3. The van der Waals surface area contributed by atoms with Gasteiger partial charge in [-0.05, 0) is 49.4 Å². The summed E-state index contributed by atoms with van der Waals surface area (Å²) in [6, 6.07) is 8.68. The van der Waals surface area contributed by atoms with Gasteiger partial charge in [0.05, 0.1) is 16.3 Å². The molecule has 0 amide bonds. The molecule has 106 valence electrons. The summed E-state index contributed by atoms with van der Waals surface area (Å²) in [7, 11) is 0. The second kappa shape index (κ2) is 5.71. The van der Waals surface area contributed by atoms with Gasteiger partial charge in [0.15, 0.2) is 5.82 Å². The molecule has 0 radical (unpaired) electrons. The van der Waals surface area contributed by atoms with E-state index in [4.69, 9.17) is 11.6 Å². The highest BCUT2D eigenvalue weighted by Crippen LogP contribution is 2.29. The first kappa shape index (κ1) is 13.8. The highest BCUT2D eigenvalue weighted by Gasteiger charge is 2.16. The Hall–Kier alpha value is -2.12. The smallest absolute Gasteiger partial charge is 0.165 e. The third-order valence-electron chi connectivity index (χ3n) is 3.63. The van der Waals surface area contributed by atoms with Crippen molar-refractivity contribution in [2.24, 2.45) is 0 Å². The lowest BCUT2D eigenvalue weighted by Crippen LogP contribution is -2.09. The third kappa shape index (κ3) is 2.70. The fraction of sp³-hybridized carbons (Fsp3) is 0.250. The van der Waals surface area contributed by atoms with Crippen LogP contribution in [0.15, 0.2) is 24.3 Å². The molecule has 0 saturated carbocycles. The monoisotopic (exact) mass is 301 g/mol. The molecule has 0 saturated heterocycles. The van der Waals surface area contributed by atoms with E-state index in [2.05, 4.69) is 16.4 Å². The number of hydrogen-bond donors (Lipinski definition) is 1. The molecular weight excluding hydrogens is 289 g/mol. The highest BCUT2D eigenvalue weighted by atomic mass is 35.5. The van der Waals surface area contributed by atoms with Gasteiger partial charge in [0.1, 0.15) is 11.9 Å². The minimum atomic E-state index is -0.539. The van der Waals surface area contributed by atoms with Crippen LogP contribution in [0, 0.1) is 17.1 Å². The van der Waals surface area contributed by atoms with E-state index < -0.39 is 5.82 Å².